The minimum absolute atomic E-state index is 0.894. The van der Waals surface area contributed by atoms with Gasteiger partial charge in [-0.1, -0.05) is 0 Å². The smallest absolute Gasteiger partial charge is 0.166 e. The highest BCUT2D eigenvalue weighted by atomic mass is 16.5. The average Bonchev–Trinajstić information content (AvgIpc) is 3.19. The second kappa shape index (κ2) is 13.2. The standard InChI is InChI=1S/C8H16N.C7H14NO.C7H14N/c1-8(2)9-6-4-3-5-7-9;1-7(2)8-3-5-9-6-4-8;1-7(2)8-5-3-4-6-8/h3-7H2,1-2H3;3-6H2,1-2H3;3-6H2,1-2H3/q3*+1. The molecular weight excluding hydrogens is 322 g/mol. The molecule has 3 saturated heterocycles. The van der Waals surface area contributed by atoms with E-state index < -0.39 is 0 Å². The van der Waals surface area contributed by atoms with Gasteiger partial charge < -0.3 is 4.74 Å². The molecule has 0 aliphatic carbocycles. The zero-order valence-corrected chi connectivity index (χ0v) is 18.4. The SMILES string of the molecule is CC(C)=[N+]1CCCC1.CC(C)=[N+]1CCCCC1.CC(C)=[N+]1CCOCC1. The maximum absolute atomic E-state index is 5.19. The third-order valence-electron chi connectivity index (χ3n) is 5.37. The van der Waals surface area contributed by atoms with Crippen molar-refractivity contribution < 1.29 is 18.5 Å². The monoisotopic (exact) mass is 366 g/mol. The Morgan fingerprint density at radius 2 is 0.769 bits per heavy atom. The van der Waals surface area contributed by atoms with Crippen molar-refractivity contribution in [3.05, 3.63) is 0 Å². The van der Waals surface area contributed by atoms with E-state index in [1.54, 1.807) is 0 Å². The van der Waals surface area contributed by atoms with E-state index in [0.29, 0.717) is 0 Å². The first-order valence-electron chi connectivity index (χ1n) is 10.6. The van der Waals surface area contributed by atoms with E-state index in [-0.39, 0.29) is 0 Å². The first-order chi connectivity index (χ1) is 12.4. The van der Waals surface area contributed by atoms with Crippen molar-refractivity contribution in [1.29, 1.82) is 0 Å². The predicted octanol–water partition coefficient (Wildman–Crippen LogP) is 3.45. The van der Waals surface area contributed by atoms with Crippen LogP contribution in [0.15, 0.2) is 0 Å². The molecule has 0 radical (unpaired) electrons. The fourth-order valence-corrected chi connectivity index (χ4v) is 3.52. The quantitative estimate of drug-likeness (QED) is 0.601. The van der Waals surface area contributed by atoms with Crippen LogP contribution in [0.3, 0.4) is 0 Å². The molecule has 0 spiro atoms. The van der Waals surface area contributed by atoms with Gasteiger partial charge in [0.05, 0.1) is 0 Å². The molecule has 3 fully saturated rings. The molecule has 4 nitrogen and oxygen atoms in total. The highest BCUT2D eigenvalue weighted by Gasteiger charge is 2.13. The van der Waals surface area contributed by atoms with Crippen LogP contribution in [0.5, 0.6) is 0 Å². The van der Waals surface area contributed by atoms with Crippen molar-refractivity contribution in [3.8, 4) is 0 Å². The Bertz CT molecular complexity index is 449. The summed E-state index contributed by atoms with van der Waals surface area (Å²) in [4.78, 5) is 0. The van der Waals surface area contributed by atoms with Crippen molar-refractivity contribution in [3.63, 3.8) is 0 Å². The Labute approximate surface area is 162 Å². The van der Waals surface area contributed by atoms with Gasteiger partial charge in [-0.15, -0.1) is 0 Å². The van der Waals surface area contributed by atoms with Gasteiger partial charge in [-0.3, -0.25) is 0 Å². The summed E-state index contributed by atoms with van der Waals surface area (Å²) < 4.78 is 12.5. The maximum atomic E-state index is 5.19. The number of ether oxygens (including phenoxy) is 1. The van der Waals surface area contributed by atoms with Crippen molar-refractivity contribution in [1.82, 2.24) is 0 Å². The van der Waals surface area contributed by atoms with Crippen LogP contribution in [0.1, 0.15) is 73.6 Å². The highest BCUT2D eigenvalue weighted by Crippen LogP contribution is 2.04. The normalized spacial score (nSPS) is 19.8. The fraction of sp³-hybridized carbons (Fsp3) is 0.864. The van der Waals surface area contributed by atoms with E-state index in [0.717, 1.165) is 26.3 Å². The number of hydrogen-bond donors (Lipinski definition) is 0. The molecule has 3 heterocycles. The molecule has 3 rings (SSSR count). The number of morpholine rings is 1. The summed E-state index contributed by atoms with van der Waals surface area (Å²) in [5.74, 6) is 0. The molecule has 26 heavy (non-hydrogen) atoms. The molecule has 0 saturated carbocycles. The largest absolute Gasteiger partial charge is 0.368 e. The maximum Gasteiger partial charge on any atom is 0.166 e. The van der Waals surface area contributed by atoms with Crippen molar-refractivity contribution in [2.75, 3.05) is 52.5 Å². The van der Waals surface area contributed by atoms with Crippen LogP contribution in [0, 0.1) is 0 Å². The van der Waals surface area contributed by atoms with E-state index in [1.165, 1.54) is 75.4 Å². The van der Waals surface area contributed by atoms with Crippen LogP contribution >= 0.6 is 0 Å². The summed E-state index contributed by atoms with van der Waals surface area (Å²) in [6, 6.07) is 0. The third-order valence-corrected chi connectivity index (χ3v) is 5.37. The predicted molar refractivity (Wildman–Crippen MR) is 113 cm³/mol. The van der Waals surface area contributed by atoms with Gasteiger partial charge >= 0.3 is 0 Å². The third kappa shape index (κ3) is 9.61. The first-order valence-corrected chi connectivity index (χ1v) is 10.6. The van der Waals surface area contributed by atoms with E-state index >= 15 is 0 Å². The van der Waals surface area contributed by atoms with Crippen LogP contribution in [0.4, 0.5) is 0 Å². The van der Waals surface area contributed by atoms with Gasteiger partial charge in [-0.2, -0.15) is 0 Å². The van der Waals surface area contributed by atoms with E-state index in [4.69, 9.17) is 4.74 Å². The lowest BCUT2D eigenvalue weighted by molar-refractivity contribution is -0.550. The molecule has 0 unspecified atom stereocenters. The lowest BCUT2D eigenvalue weighted by Gasteiger charge is -2.11. The van der Waals surface area contributed by atoms with Crippen LogP contribution in [-0.4, -0.2) is 83.3 Å². The number of piperidine rings is 1. The van der Waals surface area contributed by atoms with Gasteiger partial charge in [0.15, 0.2) is 13.1 Å². The zero-order chi connectivity index (χ0) is 19.4. The summed E-state index contributed by atoms with van der Waals surface area (Å²) in [7, 11) is 0. The molecule has 4 heteroatoms. The topological polar surface area (TPSA) is 18.3 Å². The van der Waals surface area contributed by atoms with Crippen molar-refractivity contribution in [2.24, 2.45) is 0 Å². The average molecular weight is 367 g/mol. The summed E-state index contributed by atoms with van der Waals surface area (Å²) in [5.41, 5.74) is 4.36. The lowest BCUT2D eigenvalue weighted by Crippen LogP contribution is -2.31. The molecule has 3 aliphatic rings. The van der Waals surface area contributed by atoms with Gasteiger partial charge in [0, 0.05) is 67.2 Å². The number of rotatable bonds is 0. The number of nitrogens with zero attached hydrogens (tertiary/aromatic N) is 3. The molecule has 0 bridgehead atoms. The molecule has 0 N–H and O–H groups in total. The van der Waals surface area contributed by atoms with Gasteiger partial charge in [0.2, 0.25) is 0 Å². The van der Waals surface area contributed by atoms with Gasteiger partial charge in [-0.05, 0) is 6.42 Å². The molecular formula is C22H44N3O+3. The molecule has 150 valence electrons. The van der Waals surface area contributed by atoms with Crippen LogP contribution in [-0.2, 0) is 4.74 Å². The van der Waals surface area contributed by atoms with Crippen LogP contribution in [0.2, 0.25) is 0 Å². The Kier molecular flexibility index (Phi) is 11.7. The van der Waals surface area contributed by atoms with Crippen LogP contribution < -0.4 is 0 Å². The van der Waals surface area contributed by atoms with Crippen LogP contribution in [0.25, 0.3) is 0 Å². The van der Waals surface area contributed by atoms with E-state index in [1.807, 2.05) is 0 Å². The number of hydrogen-bond acceptors (Lipinski definition) is 1. The van der Waals surface area contributed by atoms with E-state index in [2.05, 4.69) is 55.3 Å². The van der Waals surface area contributed by atoms with Crippen molar-refractivity contribution in [2.45, 2.75) is 73.6 Å². The Morgan fingerprint density at radius 3 is 1.04 bits per heavy atom. The van der Waals surface area contributed by atoms with Gasteiger partial charge in [0.1, 0.15) is 56.5 Å². The molecule has 0 aromatic rings. The molecule has 3 aliphatic heterocycles. The van der Waals surface area contributed by atoms with Crippen molar-refractivity contribution >= 4 is 17.1 Å². The fourth-order valence-electron chi connectivity index (χ4n) is 3.52. The Hall–Kier alpha value is -1.03. The lowest BCUT2D eigenvalue weighted by atomic mass is 10.1. The van der Waals surface area contributed by atoms with E-state index in [9.17, 15) is 0 Å². The van der Waals surface area contributed by atoms with Gasteiger partial charge in [-0.25, -0.2) is 13.7 Å². The second-order valence-electron chi connectivity index (χ2n) is 8.18. The summed E-state index contributed by atoms with van der Waals surface area (Å²) in [5, 5.41) is 0. The summed E-state index contributed by atoms with van der Waals surface area (Å²) in [6.07, 6.45) is 7.01. The molecule has 0 atom stereocenters. The minimum atomic E-state index is 0.894. The molecule has 0 amide bonds. The minimum Gasteiger partial charge on any atom is -0.368 e. The summed E-state index contributed by atoms with van der Waals surface area (Å²) in [6.45, 7) is 22.2. The Morgan fingerprint density at radius 1 is 0.462 bits per heavy atom. The molecule has 0 aromatic heterocycles. The first kappa shape index (κ1) is 23.0. The molecule has 0 aromatic carbocycles. The Balaban J connectivity index is 0.000000195. The van der Waals surface area contributed by atoms with Gasteiger partial charge in [0.25, 0.3) is 0 Å². The summed E-state index contributed by atoms with van der Waals surface area (Å²) >= 11 is 0. The zero-order valence-electron chi connectivity index (χ0n) is 18.4. The second-order valence-corrected chi connectivity index (χ2v) is 8.18. The highest BCUT2D eigenvalue weighted by molar-refractivity contribution is 5.74.